The van der Waals surface area contributed by atoms with Crippen molar-refractivity contribution in [1.29, 1.82) is 0 Å². The van der Waals surface area contributed by atoms with Crippen molar-refractivity contribution in [3.63, 3.8) is 0 Å². The third-order valence-corrected chi connectivity index (χ3v) is 4.34. The Balaban J connectivity index is 1.60. The molecule has 0 N–H and O–H groups in total. The molecule has 118 valence electrons. The number of rotatable bonds is 4. The first-order valence-electron chi connectivity index (χ1n) is 7.84. The van der Waals surface area contributed by atoms with Crippen molar-refractivity contribution in [1.82, 2.24) is 4.98 Å². The molecule has 0 saturated carbocycles. The standard InChI is InChI=1S/C21H16ClNO/c1-14(21-13-24-21)17-4-2-3-15(11-17)5-9-19-10-7-16-6-8-18(22)12-20(16)23-19/h2-12,21H,1,13H2. The maximum absolute atomic E-state index is 6.05. The largest absolute Gasteiger partial charge is 0.368 e. The molecular weight excluding hydrogens is 318 g/mol. The van der Waals surface area contributed by atoms with Crippen LogP contribution in [0, 0.1) is 0 Å². The van der Waals surface area contributed by atoms with Crippen molar-refractivity contribution in [2.45, 2.75) is 6.10 Å². The first-order valence-corrected chi connectivity index (χ1v) is 8.22. The van der Waals surface area contributed by atoms with Gasteiger partial charge in [-0.2, -0.15) is 0 Å². The predicted molar refractivity (Wildman–Crippen MR) is 101 cm³/mol. The van der Waals surface area contributed by atoms with Crippen molar-refractivity contribution >= 4 is 40.2 Å². The van der Waals surface area contributed by atoms with Crippen molar-refractivity contribution in [2.24, 2.45) is 0 Å². The molecule has 0 spiro atoms. The molecule has 1 aliphatic rings. The summed E-state index contributed by atoms with van der Waals surface area (Å²) in [5.74, 6) is 0. The highest BCUT2D eigenvalue weighted by Crippen LogP contribution is 2.27. The Labute approximate surface area is 146 Å². The molecule has 1 atom stereocenters. The fourth-order valence-corrected chi connectivity index (χ4v) is 2.82. The van der Waals surface area contributed by atoms with Crippen LogP contribution in [0.15, 0.2) is 61.2 Å². The molecule has 2 aromatic carbocycles. The molecule has 24 heavy (non-hydrogen) atoms. The first-order chi connectivity index (χ1) is 11.7. The summed E-state index contributed by atoms with van der Waals surface area (Å²) in [5.41, 5.74) is 5.08. The summed E-state index contributed by atoms with van der Waals surface area (Å²) in [6.45, 7) is 4.90. The van der Waals surface area contributed by atoms with Gasteiger partial charge in [0.2, 0.25) is 0 Å². The second kappa shape index (κ2) is 6.23. The number of hydrogen-bond donors (Lipinski definition) is 0. The van der Waals surface area contributed by atoms with Gasteiger partial charge in [0, 0.05) is 10.4 Å². The van der Waals surface area contributed by atoms with E-state index >= 15 is 0 Å². The third kappa shape index (κ3) is 3.25. The third-order valence-electron chi connectivity index (χ3n) is 4.10. The summed E-state index contributed by atoms with van der Waals surface area (Å²) in [7, 11) is 0. The normalized spacial score (nSPS) is 16.6. The highest BCUT2D eigenvalue weighted by Gasteiger charge is 2.26. The molecule has 0 amide bonds. The Hall–Kier alpha value is -2.42. The van der Waals surface area contributed by atoms with Crippen molar-refractivity contribution < 1.29 is 4.74 Å². The number of pyridine rings is 1. The van der Waals surface area contributed by atoms with Gasteiger partial charge in [-0.05, 0) is 47.0 Å². The number of aromatic nitrogens is 1. The van der Waals surface area contributed by atoms with Crippen LogP contribution >= 0.6 is 11.6 Å². The lowest BCUT2D eigenvalue weighted by atomic mass is 10.0. The van der Waals surface area contributed by atoms with Gasteiger partial charge in [0.05, 0.1) is 17.8 Å². The summed E-state index contributed by atoms with van der Waals surface area (Å²) in [6, 6.07) is 18.1. The lowest BCUT2D eigenvalue weighted by Crippen LogP contribution is -1.90. The molecular formula is C21H16ClNO. The molecule has 1 saturated heterocycles. The zero-order valence-electron chi connectivity index (χ0n) is 13.1. The van der Waals surface area contributed by atoms with E-state index in [2.05, 4.69) is 41.9 Å². The minimum absolute atomic E-state index is 0.191. The van der Waals surface area contributed by atoms with Gasteiger partial charge in [-0.1, -0.05) is 54.6 Å². The van der Waals surface area contributed by atoms with Crippen molar-refractivity contribution in [3.05, 3.63) is 83.0 Å². The van der Waals surface area contributed by atoms with Crippen LogP contribution in [-0.2, 0) is 4.74 Å². The van der Waals surface area contributed by atoms with Crippen molar-refractivity contribution in [3.8, 4) is 0 Å². The van der Waals surface area contributed by atoms with Gasteiger partial charge in [-0.3, -0.25) is 0 Å². The summed E-state index contributed by atoms with van der Waals surface area (Å²) >= 11 is 6.05. The van der Waals surface area contributed by atoms with E-state index in [-0.39, 0.29) is 6.10 Å². The molecule has 3 heteroatoms. The second-order valence-electron chi connectivity index (χ2n) is 5.88. The van der Waals surface area contributed by atoms with E-state index in [0.29, 0.717) is 5.02 Å². The van der Waals surface area contributed by atoms with E-state index in [0.717, 1.165) is 39.9 Å². The maximum atomic E-state index is 6.05. The van der Waals surface area contributed by atoms with Gasteiger partial charge in [0.25, 0.3) is 0 Å². The first kappa shape index (κ1) is 15.1. The molecule has 1 fully saturated rings. The van der Waals surface area contributed by atoms with Gasteiger partial charge >= 0.3 is 0 Å². The zero-order valence-corrected chi connectivity index (χ0v) is 13.8. The Morgan fingerprint density at radius 3 is 2.79 bits per heavy atom. The van der Waals surface area contributed by atoms with Gasteiger partial charge in [0.1, 0.15) is 6.10 Å². The highest BCUT2D eigenvalue weighted by molar-refractivity contribution is 6.31. The Morgan fingerprint density at radius 2 is 1.96 bits per heavy atom. The highest BCUT2D eigenvalue weighted by atomic mass is 35.5. The monoisotopic (exact) mass is 333 g/mol. The van der Waals surface area contributed by atoms with Crippen molar-refractivity contribution in [2.75, 3.05) is 6.61 Å². The number of benzene rings is 2. The van der Waals surface area contributed by atoms with Crippen LogP contribution in [0.4, 0.5) is 0 Å². The Kier molecular flexibility index (Phi) is 3.93. The number of ether oxygens (including phenoxy) is 1. The zero-order chi connectivity index (χ0) is 16.5. The topological polar surface area (TPSA) is 25.4 Å². The van der Waals surface area contributed by atoms with E-state index in [1.165, 1.54) is 0 Å². The number of fused-ring (bicyclic) bond motifs is 1. The fourth-order valence-electron chi connectivity index (χ4n) is 2.66. The van der Waals surface area contributed by atoms with E-state index in [4.69, 9.17) is 16.3 Å². The Morgan fingerprint density at radius 1 is 1.12 bits per heavy atom. The number of nitrogens with zero attached hydrogens (tertiary/aromatic N) is 1. The van der Waals surface area contributed by atoms with Gasteiger partial charge in [0.15, 0.2) is 0 Å². The molecule has 1 unspecified atom stereocenters. The summed E-state index contributed by atoms with van der Waals surface area (Å²) in [5, 5.41) is 1.78. The second-order valence-corrected chi connectivity index (χ2v) is 6.32. The van der Waals surface area contributed by atoms with Gasteiger partial charge in [-0.25, -0.2) is 4.98 Å². The predicted octanol–water partition coefficient (Wildman–Crippen LogP) is 5.47. The summed E-state index contributed by atoms with van der Waals surface area (Å²) in [6.07, 6.45) is 4.26. The minimum Gasteiger partial charge on any atom is -0.368 e. The van der Waals surface area contributed by atoms with Crippen LogP contribution in [-0.4, -0.2) is 17.7 Å². The molecule has 2 heterocycles. The maximum Gasteiger partial charge on any atom is 0.106 e. The molecule has 0 bridgehead atoms. The van der Waals surface area contributed by atoms with E-state index in [1.807, 2.05) is 36.4 Å². The summed E-state index contributed by atoms with van der Waals surface area (Å²) < 4.78 is 5.31. The molecule has 0 aliphatic carbocycles. The molecule has 3 aromatic rings. The van der Waals surface area contributed by atoms with E-state index < -0.39 is 0 Å². The fraction of sp³-hybridized carbons (Fsp3) is 0.0952. The lowest BCUT2D eigenvalue weighted by Gasteiger charge is -2.04. The van der Waals surface area contributed by atoms with E-state index in [9.17, 15) is 0 Å². The summed E-state index contributed by atoms with van der Waals surface area (Å²) in [4.78, 5) is 4.64. The minimum atomic E-state index is 0.191. The van der Waals surface area contributed by atoms with E-state index in [1.54, 1.807) is 0 Å². The average molecular weight is 334 g/mol. The SMILES string of the molecule is C=C(c1cccc(C=Cc2ccc3ccc(Cl)cc3n2)c1)C1CO1. The smallest absolute Gasteiger partial charge is 0.106 e. The van der Waals surface area contributed by atoms with Gasteiger partial charge in [-0.15, -0.1) is 0 Å². The van der Waals surface area contributed by atoms with Crippen LogP contribution < -0.4 is 0 Å². The number of hydrogen-bond acceptors (Lipinski definition) is 2. The quantitative estimate of drug-likeness (QED) is 0.591. The number of epoxide rings is 1. The van der Waals surface area contributed by atoms with Crippen LogP contribution in [0.2, 0.25) is 5.02 Å². The lowest BCUT2D eigenvalue weighted by molar-refractivity contribution is 0.445. The number of halogens is 1. The van der Waals surface area contributed by atoms with Crippen LogP contribution in [0.3, 0.4) is 0 Å². The average Bonchev–Trinajstić information content (AvgIpc) is 3.44. The van der Waals surface area contributed by atoms with Crippen LogP contribution in [0.1, 0.15) is 16.8 Å². The van der Waals surface area contributed by atoms with Crippen LogP contribution in [0.5, 0.6) is 0 Å². The Bertz CT molecular complexity index is 957. The molecule has 4 rings (SSSR count). The molecule has 2 nitrogen and oxygen atoms in total. The van der Waals surface area contributed by atoms with Crippen LogP contribution in [0.25, 0.3) is 28.6 Å². The molecule has 0 radical (unpaired) electrons. The molecule has 1 aliphatic heterocycles. The van der Waals surface area contributed by atoms with Gasteiger partial charge < -0.3 is 4.74 Å². The molecule has 1 aromatic heterocycles.